The number of anilines is 2. The maximum atomic E-state index is 9.04. The molecule has 2 N–H and O–H groups in total. The molecule has 7 heteroatoms. The van der Waals surface area contributed by atoms with Crippen molar-refractivity contribution in [3.05, 3.63) is 54.1 Å². The van der Waals surface area contributed by atoms with Crippen LogP contribution < -0.4 is 15.4 Å². The van der Waals surface area contributed by atoms with Crippen molar-refractivity contribution in [1.29, 1.82) is 5.26 Å². The van der Waals surface area contributed by atoms with Gasteiger partial charge in [0.05, 0.1) is 31.3 Å². The van der Waals surface area contributed by atoms with Crippen LogP contribution in [0.15, 0.2) is 53.5 Å². The third kappa shape index (κ3) is 3.92. The molecule has 1 unspecified atom stereocenters. The molecule has 2 aromatic rings. The minimum absolute atomic E-state index is 0.127. The average Bonchev–Trinajstić information content (AvgIpc) is 3.02. The summed E-state index contributed by atoms with van der Waals surface area (Å²) in [5, 5.41) is 16.1. The van der Waals surface area contributed by atoms with Crippen LogP contribution in [0, 0.1) is 11.3 Å². The molecule has 0 spiro atoms. The molecule has 2 aromatic carbocycles. The zero-order valence-electron chi connectivity index (χ0n) is 14.6. The molecule has 132 valence electrons. The maximum absolute atomic E-state index is 9.04. The topological polar surface area (TPSA) is 72.7 Å². The Balaban J connectivity index is 1.75. The number of hydrogen-bond acceptors (Lipinski definition) is 5. The van der Waals surface area contributed by atoms with Crippen LogP contribution in [0.5, 0.6) is 5.75 Å². The molecule has 3 rings (SSSR count). The van der Waals surface area contributed by atoms with Gasteiger partial charge >= 0.3 is 0 Å². The number of nitriles is 1. The molecule has 0 fully saturated rings. The molecule has 0 aromatic heterocycles. The van der Waals surface area contributed by atoms with Crippen molar-refractivity contribution in [2.75, 3.05) is 24.3 Å². The summed E-state index contributed by atoms with van der Waals surface area (Å²) < 4.78 is 5.26. The third-order valence-corrected chi connectivity index (χ3v) is 4.26. The van der Waals surface area contributed by atoms with Gasteiger partial charge in [-0.15, -0.1) is 0 Å². The Hall–Kier alpha value is -3.11. The summed E-state index contributed by atoms with van der Waals surface area (Å²) in [5.41, 5.74) is 2.22. The van der Waals surface area contributed by atoms with E-state index in [9.17, 15) is 0 Å². The van der Waals surface area contributed by atoms with Crippen molar-refractivity contribution < 1.29 is 4.74 Å². The molecular weight excluding hydrogens is 346 g/mol. The standard InChI is InChI=1S/C19H19N5OS/c1-13-12-21-18(22-16-7-4-8-17(10-16)25-2)24(13)19(26)23-15-6-3-5-14(9-15)11-20/h3-10,13H,12H2,1-2H3,(H,21,22)(H,23,26). The molecule has 1 atom stereocenters. The minimum atomic E-state index is 0.127. The Morgan fingerprint density at radius 2 is 2.04 bits per heavy atom. The predicted octanol–water partition coefficient (Wildman–Crippen LogP) is 3.44. The summed E-state index contributed by atoms with van der Waals surface area (Å²) in [6.45, 7) is 2.70. The Morgan fingerprint density at radius 1 is 1.27 bits per heavy atom. The number of benzene rings is 2. The third-order valence-electron chi connectivity index (χ3n) is 3.96. The van der Waals surface area contributed by atoms with Gasteiger partial charge in [0.1, 0.15) is 5.75 Å². The summed E-state index contributed by atoms with van der Waals surface area (Å²) >= 11 is 5.58. The van der Waals surface area contributed by atoms with E-state index in [0.29, 0.717) is 23.2 Å². The van der Waals surface area contributed by atoms with E-state index in [1.54, 1.807) is 19.2 Å². The van der Waals surface area contributed by atoms with Crippen molar-refractivity contribution in [3.63, 3.8) is 0 Å². The van der Waals surface area contributed by atoms with Gasteiger partial charge in [-0.1, -0.05) is 12.1 Å². The van der Waals surface area contributed by atoms with Crippen LogP contribution in [0.3, 0.4) is 0 Å². The fourth-order valence-corrected chi connectivity index (χ4v) is 3.05. The largest absolute Gasteiger partial charge is 0.497 e. The molecule has 0 aliphatic carbocycles. The molecule has 0 radical (unpaired) electrons. The number of thiocarbonyl (C=S) groups is 1. The lowest BCUT2D eigenvalue weighted by Crippen LogP contribution is -2.45. The number of guanidine groups is 1. The number of hydrogen-bond donors (Lipinski definition) is 2. The lowest BCUT2D eigenvalue weighted by molar-refractivity contribution is 0.415. The first-order valence-electron chi connectivity index (χ1n) is 8.16. The molecule has 1 aliphatic rings. The lowest BCUT2D eigenvalue weighted by Gasteiger charge is -2.27. The molecule has 0 saturated carbocycles. The summed E-state index contributed by atoms with van der Waals surface area (Å²) in [4.78, 5) is 6.49. The summed E-state index contributed by atoms with van der Waals surface area (Å²) in [7, 11) is 1.63. The van der Waals surface area contributed by atoms with E-state index in [-0.39, 0.29) is 6.04 Å². The fraction of sp³-hybridized carbons (Fsp3) is 0.211. The van der Waals surface area contributed by atoms with Crippen molar-refractivity contribution in [2.24, 2.45) is 4.99 Å². The van der Waals surface area contributed by atoms with Crippen LogP contribution in [0.4, 0.5) is 11.4 Å². The van der Waals surface area contributed by atoms with Gasteiger partial charge in [0.2, 0.25) is 5.96 Å². The van der Waals surface area contributed by atoms with Crippen LogP contribution in [-0.2, 0) is 0 Å². The first-order chi connectivity index (χ1) is 12.6. The van der Waals surface area contributed by atoms with E-state index in [1.165, 1.54) is 0 Å². The molecule has 0 amide bonds. The van der Waals surface area contributed by atoms with Crippen LogP contribution in [0.2, 0.25) is 0 Å². The Morgan fingerprint density at radius 3 is 2.81 bits per heavy atom. The monoisotopic (exact) mass is 365 g/mol. The van der Waals surface area contributed by atoms with E-state index in [0.717, 1.165) is 17.1 Å². The number of methoxy groups -OCH3 is 1. The van der Waals surface area contributed by atoms with Gasteiger partial charge in [-0.05, 0) is 49.5 Å². The van der Waals surface area contributed by atoms with Crippen molar-refractivity contribution in [2.45, 2.75) is 13.0 Å². The Bertz CT molecular complexity index is 889. The second-order valence-electron chi connectivity index (χ2n) is 5.86. The highest BCUT2D eigenvalue weighted by Crippen LogP contribution is 2.20. The summed E-state index contributed by atoms with van der Waals surface area (Å²) in [5.74, 6) is 1.45. The minimum Gasteiger partial charge on any atom is -0.497 e. The summed E-state index contributed by atoms with van der Waals surface area (Å²) in [6, 6.07) is 17.1. The van der Waals surface area contributed by atoms with Crippen molar-refractivity contribution >= 4 is 34.7 Å². The number of ether oxygens (including phenoxy) is 1. The fourth-order valence-electron chi connectivity index (χ4n) is 2.66. The van der Waals surface area contributed by atoms with Crippen LogP contribution in [-0.4, -0.2) is 35.7 Å². The molecule has 26 heavy (non-hydrogen) atoms. The van der Waals surface area contributed by atoms with Gasteiger partial charge in [-0.2, -0.15) is 5.26 Å². The van der Waals surface area contributed by atoms with Gasteiger partial charge in [0.15, 0.2) is 5.11 Å². The molecule has 1 aliphatic heterocycles. The van der Waals surface area contributed by atoms with Crippen LogP contribution in [0.25, 0.3) is 0 Å². The average molecular weight is 365 g/mol. The zero-order valence-corrected chi connectivity index (χ0v) is 15.4. The van der Waals surface area contributed by atoms with E-state index >= 15 is 0 Å². The SMILES string of the molecule is COc1cccc(NC2=NCC(C)N2C(=S)Nc2cccc(C#N)c2)c1. The van der Waals surface area contributed by atoms with E-state index in [1.807, 2.05) is 41.3 Å². The number of nitrogens with zero attached hydrogens (tertiary/aromatic N) is 3. The molecule has 0 bridgehead atoms. The normalized spacial score (nSPS) is 15.8. The second-order valence-corrected chi connectivity index (χ2v) is 6.25. The Labute approximate surface area is 158 Å². The first kappa shape index (κ1) is 17.7. The van der Waals surface area contributed by atoms with E-state index in [2.05, 4.69) is 28.6 Å². The Kier molecular flexibility index (Phi) is 5.34. The quantitative estimate of drug-likeness (QED) is 0.812. The van der Waals surface area contributed by atoms with Crippen molar-refractivity contribution in [1.82, 2.24) is 4.90 Å². The van der Waals surface area contributed by atoms with E-state index < -0.39 is 0 Å². The molecule has 6 nitrogen and oxygen atoms in total. The summed E-state index contributed by atoms with van der Waals surface area (Å²) in [6.07, 6.45) is 0. The maximum Gasteiger partial charge on any atom is 0.205 e. The van der Waals surface area contributed by atoms with Gasteiger partial charge in [-0.25, -0.2) is 0 Å². The highest BCUT2D eigenvalue weighted by atomic mass is 32.1. The van der Waals surface area contributed by atoms with Crippen LogP contribution >= 0.6 is 12.2 Å². The van der Waals surface area contributed by atoms with Crippen molar-refractivity contribution in [3.8, 4) is 11.8 Å². The number of aliphatic imine (C=N–C) groups is 1. The second kappa shape index (κ2) is 7.85. The first-order valence-corrected chi connectivity index (χ1v) is 8.57. The highest BCUT2D eigenvalue weighted by molar-refractivity contribution is 7.80. The number of rotatable bonds is 3. The highest BCUT2D eigenvalue weighted by Gasteiger charge is 2.28. The van der Waals surface area contributed by atoms with E-state index in [4.69, 9.17) is 22.2 Å². The zero-order chi connectivity index (χ0) is 18.5. The molecule has 1 heterocycles. The number of nitrogens with one attached hydrogen (secondary N) is 2. The van der Waals surface area contributed by atoms with Gasteiger partial charge in [0.25, 0.3) is 0 Å². The lowest BCUT2D eigenvalue weighted by atomic mass is 10.2. The van der Waals surface area contributed by atoms with Gasteiger partial charge in [0, 0.05) is 17.4 Å². The van der Waals surface area contributed by atoms with Gasteiger partial charge < -0.3 is 15.4 Å². The predicted molar refractivity (Wildman–Crippen MR) is 108 cm³/mol. The van der Waals surface area contributed by atoms with Crippen LogP contribution in [0.1, 0.15) is 12.5 Å². The molecule has 0 saturated heterocycles. The molecular formula is C19H19N5OS. The van der Waals surface area contributed by atoms with Gasteiger partial charge in [-0.3, -0.25) is 9.89 Å². The smallest absolute Gasteiger partial charge is 0.205 e.